The number of thioether (sulfide) groups is 2. The van der Waals surface area contributed by atoms with Crippen molar-refractivity contribution in [3.05, 3.63) is 130 Å². The van der Waals surface area contributed by atoms with E-state index >= 15 is 0 Å². The van der Waals surface area contributed by atoms with Gasteiger partial charge < -0.3 is 10.6 Å². The average molecular weight is 614 g/mol. The molecule has 0 spiro atoms. The van der Waals surface area contributed by atoms with Crippen LogP contribution in [0.1, 0.15) is 34.1 Å². The van der Waals surface area contributed by atoms with Crippen LogP contribution >= 0.6 is 35.1 Å². The lowest BCUT2D eigenvalue weighted by Crippen LogP contribution is -2.35. The Morgan fingerprint density at radius 3 is 2.40 bits per heavy atom. The maximum atomic E-state index is 13.3. The van der Waals surface area contributed by atoms with Crippen molar-refractivity contribution in [3.8, 4) is 5.69 Å². The topological polar surface area (TPSA) is 71.8 Å². The largest absolute Gasteiger partial charge is 0.327 e. The van der Waals surface area contributed by atoms with Crippen LogP contribution in [0.3, 0.4) is 0 Å². The predicted molar refractivity (Wildman–Crippen MR) is 175 cm³/mol. The van der Waals surface area contributed by atoms with Gasteiger partial charge in [-0.15, -0.1) is 22.0 Å². The molecule has 0 aliphatic carbocycles. The summed E-state index contributed by atoms with van der Waals surface area (Å²) in [6.07, 6.45) is 2.55. The zero-order valence-electron chi connectivity index (χ0n) is 23.7. The molecule has 42 heavy (non-hydrogen) atoms. The molecule has 9 heteroatoms. The maximum absolute atomic E-state index is 13.3. The highest BCUT2D eigenvalue weighted by molar-refractivity contribution is 7.98. The molecule has 0 aliphatic rings. The van der Waals surface area contributed by atoms with Gasteiger partial charge >= 0.3 is 6.03 Å². The minimum absolute atomic E-state index is 0.320. The van der Waals surface area contributed by atoms with E-state index in [4.69, 9.17) is 11.6 Å². The molecule has 0 aliphatic heterocycles. The number of anilines is 1. The van der Waals surface area contributed by atoms with E-state index in [1.807, 2.05) is 90.5 Å². The molecule has 5 rings (SSSR count). The van der Waals surface area contributed by atoms with Crippen LogP contribution in [-0.2, 0) is 12.2 Å². The van der Waals surface area contributed by atoms with E-state index in [1.54, 1.807) is 23.5 Å². The van der Waals surface area contributed by atoms with Crippen molar-refractivity contribution in [2.24, 2.45) is 0 Å². The predicted octanol–water partition coefficient (Wildman–Crippen LogP) is 8.66. The minimum Gasteiger partial charge on any atom is -0.327 e. The minimum atomic E-state index is -0.475. The van der Waals surface area contributed by atoms with Crippen LogP contribution in [0.2, 0.25) is 5.02 Å². The number of nitrogens with one attached hydrogen (secondary N) is 2. The molecule has 5 aromatic rings. The highest BCUT2D eigenvalue weighted by Crippen LogP contribution is 2.32. The first-order chi connectivity index (χ1) is 20.4. The van der Waals surface area contributed by atoms with Gasteiger partial charge in [0.05, 0.1) is 11.7 Å². The Balaban J connectivity index is 1.51. The van der Waals surface area contributed by atoms with Gasteiger partial charge in [0.15, 0.2) is 11.0 Å². The molecule has 2 N–H and O–H groups in total. The second kappa shape index (κ2) is 14.0. The molecule has 1 unspecified atom stereocenters. The Morgan fingerprint density at radius 1 is 0.905 bits per heavy atom. The number of carbonyl (C=O) groups is 1. The fourth-order valence-corrected chi connectivity index (χ4v) is 6.13. The van der Waals surface area contributed by atoms with E-state index in [0.717, 1.165) is 32.6 Å². The Hall–Kier alpha value is -3.72. The lowest BCUT2D eigenvalue weighted by molar-refractivity contribution is 0.247. The summed E-state index contributed by atoms with van der Waals surface area (Å²) in [7, 11) is 0. The van der Waals surface area contributed by atoms with Crippen molar-refractivity contribution in [1.82, 2.24) is 20.1 Å². The molecule has 0 bridgehead atoms. The highest BCUT2D eigenvalue weighted by atomic mass is 35.5. The van der Waals surface area contributed by atoms with Crippen LogP contribution < -0.4 is 10.6 Å². The van der Waals surface area contributed by atoms with Crippen molar-refractivity contribution >= 4 is 46.8 Å². The second-order valence-electron chi connectivity index (χ2n) is 9.95. The Morgan fingerprint density at radius 2 is 1.67 bits per heavy atom. The molecule has 0 saturated carbocycles. The number of aromatic nitrogens is 3. The van der Waals surface area contributed by atoms with Gasteiger partial charge in [-0.25, -0.2) is 4.79 Å². The van der Waals surface area contributed by atoms with Crippen LogP contribution in [-0.4, -0.2) is 27.1 Å². The average Bonchev–Trinajstić information content (AvgIpc) is 3.41. The lowest BCUT2D eigenvalue weighted by atomic mass is 10.0. The van der Waals surface area contributed by atoms with Crippen molar-refractivity contribution in [1.29, 1.82) is 0 Å². The summed E-state index contributed by atoms with van der Waals surface area (Å²) in [5.41, 5.74) is 6.09. The van der Waals surface area contributed by atoms with Crippen molar-refractivity contribution in [3.63, 3.8) is 0 Å². The van der Waals surface area contributed by atoms with E-state index in [9.17, 15) is 4.79 Å². The van der Waals surface area contributed by atoms with E-state index in [1.165, 1.54) is 11.1 Å². The van der Waals surface area contributed by atoms with E-state index < -0.39 is 6.04 Å². The molecular weight excluding hydrogens is 582 g/mol. The Labute approximate surface area is 260 Å². The third-order valence-electron chi connectivity index (χ3n) is 6.77. The smallest absolute Gasteiger partial charge is 0.319 e. The highest BCUT2D eigenvalue weighted by Gasteiger charge is 2.26. The molecule has 2 amide bonds. The number of halogens is 1. The van der Waals surface area contributed by atoms with Crippen molar-refractivity contribution in [2.45, 2.75) is 42.1 Å². The van der Waals surface area contributed by atoms with Gasteiger partial charge in [0.2, 0.25) is 0 Å². The summed E-state index contributed by atoms with van der Waals surface area (Å²) in [5.74, 6) is 1.35. The van der Waals surface area contributed by atoms with E-state index in [0.29, 0.717) is 23.0 Å². The standard InChI is InChI=1S/C33H32ClN5OS2/c1-22-8-7-11-25(18-22)21-42-33-38-37-31(39(33)30-20-26(34)13-12-23(30)2)29(19-24-9-5-4-6-10-24)36-32(40)35-27-14-16-28(41-3)17-15-27/h4-18,20,29H,19,21H2,1-3H3,(H2,35,36,40). The van der Waals surface area contributed by atoms with E-state index in [2.05, 4.69) is 52.0 Å². The summed E-state index contributed by atoms with van der Waals surface area (Å²) in [5, 5.41) is 16.8. The molecule has 1 heterocycles. The summed E-state index contributed by atoms with van der Waals surface area (Å²) in [6, 6.07) is 31.3. The van der Waals surface area contributed by atoms with Gasteiger partial charge in [0, 0.05) is 27.8 Å². The quantitative estimate of drug-likeness (QED) is 0.154. The van der Waals surface area contributed by atoms with Gasteiger partial charge in [-0.2, -0.15) is 0 Å². The van der Waals surface area contributed by atoms with Gasteiger partial charge in [-0.05, 0) is 73.2 Å². The zero-order valence-corrected chi connectivity index (χ0v) is 26.1. The SMILES string of the molecule is CSc1ccc(NC(=O)NC(Cc2ccccc2)c2nnc(SCc3cccc(C)c3)n2-c2cc(Cl)ccc2C)cc1. The summed E-state index contributed by atoms with van der Waals surface area (Å²) < 4.78 is 2.03. The van der Waals surface area contributed by atoms with Gasteiger partial charge in [-0.1, -0.05) is 89.6 Å². The number of urea groups is 1. The van der Waals surface area contributed by atoms with Crippen LogP contribution in [0, 0.1) is 13.8 Å². The third kappa shape index (κ3) is 7.56. The number of hydrogen-bond acceptors (Lipinski definition) is 5. The van der Waals surface area contributed by atoms with Crippen molar-refractivity contribution in [2.75, 3.05) is 11.6 Å². The third-order valence-corrected chi connectivity index (χ3v) is 8.75. The number of amides is 2. The number of carbonyl (C=O) groups excluding carboxylic acids is 1. The maximum Gasteiger partial charge on any atom is 0.319 e. The molecule has 0 saturated heterocycles. The van der Waals surface area contributed by atoms with Gasteiger partial charge in [0.25, 0.3) is 0 Å². The summed E-state index contributed by atoms with van der Waals surface area (Å²) in [4.78, 5) is 14.5. The number of benzene rings is 4. The molecule has 4 aromatic carbocycles. The number of hydrogen-bond donors (Lipinski definition) is 2. The zero-order chi connectivity index (χ0) is 29.5. The molecule has 214 valence electrons. The van der Waals surface area contributed by atoms with Gasteiger partial charge in [-0.3, -0.25) is 4.57 Å². The fourth-order valence-electron chi connectivity index (χ4n) is 4.66. The van der Waals surface area contributed by atoms with Crippen LogP contribution in [0.15, 0.2) is 107 Å². The first kappa shape index (κ1) is 29.8. The molecule has 0 fully saturated rings. The van der Waals surface area contributed by atoms with Crippen LogP contribution in [0.5, 0.6) is 0 Å². The summed E-state index contributed by atoms with van der Waals surface area (Å²) >= 11 is 9.75. The summed E-state index contributed by atoms with van der Waals surface area (Å²) in [6.45, 7) is 4.13. The first-order valence-electron chi connectivity index (χ1n) is 13.6. The number of aryl methyl sites for hydroxylation is 2. The van der Waals surface area contributed by atoms with Crippen LogP contribution in [0.4, 0.5) is 10.5 Å². The Bertz CT molecular complexity index is 1660. The van der Waals surface area contributed by atoms with E-state index in [-0.39, 0.29) is 6.03 Å². The number of nitrogens with zero attached hydrogens (tertiary/aromatic N) is 3. The van der Waals surface area contributed by atoms with Gasteiger partial charge in [0.1, 0.15) is 0 Å². The van der Waals surface area contributed by atoms with Crippen LogP contribution in [0.25, 0.3) is 5.69 Å². The number of rotatable bonds is 10. The molecule has 1 atom stereocenters. The fraction of sp³-hybridized carbons (Fsp3) is 0.182. The normalized spacial score (nSPS) is 11.7. The monoisotopic (exact) mass is 613 g/mol. The molecular formula is C33H32ClN5OS2. The first-order valence-corrected chi connectivity index (χ1v) is 16.1. The second-order valence-corrected chi connectivity index (χ2v) is 12.2. The lowest BCUT2D eigenvalue weighted by Gasteiger charge is -2.21. The molecule has 0 radical (unpaired) electrons. The molecule has 1 aromatic heterocycles. The Kier molecular flexibility index (Phi) is 9.89. The molecule has 6 nitrogen and oxygen atoms in total. The van der Waals surface area contributed by atoms with Crippen molar-refractivity contribution < 1.29 is 4.79 Å².